The molecule has 4 heterocycles. The predicted molar refractivity (Wildman–Crippen MR) is 101 cm³/mol. The van der Waals surface area contributed by atoms with E-state index < -0.39 is 0 Å². The van der Waals surface area contributed by atoms with Crippen molar-refractivity contribution in [3.63, 3.8) is 0 Å². The van der Waals surface area contributed by atoms with Gasteiger partial charge in [0.05, 0.1) is 16.4 Å². The van der Waals surface area contributed by atoms with Gasteiger partial charge in [0.2, 0.25) is 5.91 Å². The summed E-state index contributed by atoms with van der Waals surface area (Å²) in [5, 5.41) is 3.14. The minimum absolute atomic E-state index is 0.156. The van der Waals surface area contributed by atoms with Crippen LogP contribution in [0.2, 0.25) is 0 Å². The Morgan fingerprint density at radius 2 is 2.15 bits per heavy atom. The van der Waals surface area contributed by atoms with Gasteiger partial charge >= 0.3 is 0 Å². The summed E-state index contributed by atoms with van der Waals surface area (Å²) >= 11 is 0. The van der Waals surface area contributed by atoms with Crippen molar-refractivity contribution < 1.29 is 4.79 Å². The van der Waals surface area contributed by atoms with Gasteiger partial charge in [-0.15, -0.1) is 0 Å². The summed E-state index contributed by atoms with van der Waals surface area (Å²) in [6.07, 6.45) is 4.82. The number of pyridine rings is 1. The Balaban J connectivity index is 1.40. The van der Waals surface area contributed by atoms with E-state index in [9.17, 15) is 4.79 Å². The summed E-state index contributed by atoms with van der Waals surface area (Å²) in [4.78, 5) is 27.6. The maximum Gasteiger partial charge on any atom is 0.231 e. The zero-order valence-corrected chi connectivity index (χ0v) is 14.5. The van der Waals surface area contributed by atoms with Crippen LogP contribution in [0.25, 0.3) is 22.6 Å². The van der Waals surface area contributed by atoms with Gasteiger partial charge in [-0.3, -0.25) is 9.78 Å². The molecule has 2 unspecified atom stereocenters. The lowest BCUT2D eigenvalue weighted by Crippen LogP contribution is -2.42. The van der Waals surface area contributed by atoms with Crippen molar-refractivity contribution in [3.05, 3.63) is 42.6 Å². The molecule has 0 radical (unpaired) electrons. The minimum atomic E-state index is -0.208. The van der Waals surface area contributed by atoms with Gasteiger partial charge in [0.25, 0.3) is 0 Å². The van der Waals surface area contributed by atoms with E-state index in [1.807, 2.05) is 36.4 Å². The standard InChI is InChI=1S/C20H21N5O/c26-19(20-7-3-10-25(13-20)11-8-20)22-14-5-6-15-17(12-14)24-18(23-15)16-4-1-2-9-21-16/h1-2,4-6,9,12H,3,7-8,10-11,13H2,(H,22,26)(H,23,24). The highest BCUT2D eigenvalue weighted by molar-refractivity contribution is 5.97. The summed E-state index contributed by atoms with van der Waals surface area (Å²) in [7, 11) is 0. The van der Waals surface area contributed by atoms with E-state index in [0.717, 1.165) is 67.1 Å². The summed E-state index contributed by atoms with van der Waals surface area (Å²) in [6.45, 7) is 3.07. The number of aromatic amines is 1. The monoisotopic (exact) mass is 347 g/mol. The SMILES string of the molecule is O=C(Nc1ccc2nc(-c3ccccn3)[nH]c2c1)C12CCCN(CC1)C2. The number of carbonyl (C=O) groups excluding carboxylic acids is 1. The van der Waals surface area contributed by atoms with Gasteiger partial charge in [0.15, 0.2) is 5.82 Å². The van der Waals surface area contributed by atoms with Crippen LogP contribution in [-0.2, 0) is 4.79 Å². The number of hydrogen-bond donors (Lipinski definition) is 2. The number of carbonyl (C=O) groups is 1. The number of aromatic nitrogens is 3. The first-order valence-electron chi connectivity index (χ1n) is 9.17. The van der Waals surface area contributed by atoms with Crippen molar-refractivity contribution in [3.8, 4) is 11.5 Å². The molecule has 3 aromatic rings. The number of anilines is 1. The van der Waals surface area contributed by atoms with E-state index in [1.165, 1.54) is 0 Å². The number of imidazole rings is 1. The Morgan fingerprint density at radius 1 is 1.19 bits per heavy atom. The average Bonchev–Trinajstić information content (AvgIpc) is 3.23. The van der Waals surface area contributed by atoms with Gasteiger partial charge in [-0.2, -0.15) is 0 Å². The highest BCUT2D eigenvalue weighted by Crippen LogP contribution is 2.40. The molecule has 2 bridgehead atoms. The van der Waals surface area contributed by atoms with Crippen LogP contribution in [0.5, 0.6) is 0 Å². The second kappa shape index (κ2) is 5.92. The second-order valence-electron chi connectivity index (χ2n) is 7.40. The molecule has 5 rings (SSSR count). The third kappa shape index (κ3) is 2.57. The molecular formula is C20H21N5O. The van der Waals surface area contributed by atoms with Crippen LogP contribution >= 0.6 is 0 Å². The quantitative estimate of drug-likeness (QED) is 0.764. The molecule has 2 saturated heterocycles. The van der Waals surface area contributed by atoms with Gasteiger partial charge in [-0.25, -0.2) is 4.98 Å². The summed E-state index contributed by atoms with van der Waals surface area (Å²) in [5.74, 6) is 0.893. The van der Waals surface area contributed by atoms with Crippen LogP contribution in [0.15, 0.2) is 42.6 Å². The molecule has 0 saturated carbocycles. The molecule has 1 aromatic carbocycles. The molecule has 2 aromatic heterocycles. The fourth-order valence-electron chi connectivity index (χ4n) is 4.27. The summed E-state index contributed by atoms with van der Waals surface area (Å²) in [5.41, 5.74) is 3.18. The van der Waals surface area contributed by atoms with Crippen molar-refractivity contribution in [2.24, 2.45) is 5.41 Å². The minimum Gasteiger partial charge on any atom is -0.337 e. The van der Waals surface area contributed by atoms with Crippen molar-refractivity contribution in [1.82, 2.24) is 19.9 Å². The molecule has 0 spiro atoms. The number of H-pyrrole nitrogens is 1. The highest BCUT2D eigenvalue weighted by Gasteiger charge is 2.46. The number of benzene rings is 1. The number of fused-ring (bicyclic) bond motifs is 3. The van der Waals surface area contributed by atoms with Gasteiger partial charge in [-0.1, -0.05) is 6.07 Å². The molecular weight excluding hydrogens is 326 g/mol. The Bertz CT molecular complexity index is 963. The van der Waals surface area contributed by atoms with E-state index >= 15 is 0 Å². The fourth-order valence-corrected chi connectivity index (χ4v) is 4.27. The van der Waals surface area contributed by atoms with E-state index in [4.69, 9.17) is 0 Å². The van der Waals surface area contributed by atoms with E-state index in [2.05, 4.69) is 25.2 Å². The van der Waals surface area contributed by atoms with Gasteiger partial charge in [-0.05, 0) is 62.7 Å². The topological polar surface area (TPSA) is 73.9 Å². The van der Waals surface area contributed by atoms with Crippen LogP contribution in [0.4, 0.5) is 5.69 Å². The number of rotatable bonds is 3. The van der Waals surface area contributed by atoms with Crippen LogP contribution in [0.3, 0.4) is 0 Å². The van der Waals surface area contributed by atoms with Crippen molar-refractivity contribution in [2.45, 2.75) is 19.3 Å². The number of hydrogen-bond acceptors (Lipinski definition) is 4. The van der Waals surface area contributed by atoms with Gasteiger partial charge in [0, 0.05) is 18.4 Å². The van der Waals surface area contributed by atoms with Crippen LogP contribution in [-0.4, -0.2) is 45.4 Å². The zero-order chi connectivity index (χ0) is 17.6. The molecule has 2 atom stereocenters. The smallest absolute Gasteiger partial charge is 0.231 e. The number of nitrogens with one attached hydrogen (secondary N) is 2. The third-order valence-corrected chi connectivity index (χ3v) is 5.69. The molecule has 6 nitrogen and oxygen atoms in total. The Hall–Kier alpha value is -2.73. The number of piperidine rings is 1. The molecule has 2 aliphatic rings. The summed E-state index contributed by atoms with van der Waals surface area (Å²) in [6, 6.07) is 11.6. The predicted octanol–water partition coefficient (Wildman–Crippen LogP) is 3.05. The maximum absolute atomic E-state index is 12.9. The highest BCUT2D eigenvalue weighted by atomic mass is 16.2. The Morgan fingerprint density at radius 3 is 3.04 bits per heavy atom. The van der Waals surface area contributed by atoms with Gasteiger partial charge in [0.1, 0.15) is 5.69 Å². The lowest BCUT2D eigenvalue weighted by atomic mass is 9.80. The van der Waals surface area contributed by atoms with Crippen molar-refractivity contribution in [1.29, 1.82) is 0 Å². The molecule has 2 N–H and O–H groups in total. The first kappa shape index (κ1) is 15.5. The molecule has 2 aliphatic heterocycles. The third-order valence-electron chi connectivity index (χ3n) is 5.69. The molecule has 0 aliphatic carbocycles. The number of nitrogens with zero attached hydrogens (tertiary/aromatic N) is 3. The lowest BCUT2D eigenvalue weighted by molar-refractivity contribution is -0.126. The summed E-state index contributed by atoms with van der Waals surface area (Å²) < 4.78 is 0. The molecule has 6 heteroatoms. The Labute approximate surface area is 151 Å². The normalized spacial score (nSPS) is 24.7. The van der Waals surface area contributed by atoms with E-state index in [-0.39, 0.29) is 11.3 Å². The van der Waals surface area contributed by atoms with Crippen LogP contribution in [0, 0.1) is 5.41 Å². The van der Waals surface area contributed by atoms with Crippen molar-refractivity contribution in [2.75, 3.05) is 25.0 Å². The van der Waals surface area contributed by atoms with E-state index in [0.29, 0.717) is 0 Å². The van der Waals surface area contributed by atoms with Crippen LogP contribution < -0.4 is 5.32 Å². The largest absolute Gasteiger partial charge is 0.337 e. The van der Waals surface area contributed by atoms with Crippen LogP contribution in [0.1, 0.15) is 19.3 Å². The first-order chi connectivity index (χ1) is 12.7. The molecule has 132 valence electrons. The number of amides is 1. The molecule has 26 heavy (non-hydrogen) atoms. The van der Waals surface area contributed by atoms with Gasteiger partial charge < -0.3 is 15.2 Å². The van der Waals surface area contributed by atoms with Crippen molar-refractivity contribution >= 4 is 22.6 Å². The second-order valence-corrected chi connectivity index (χ2v) is 7.40. The lowest BCUT2D eigenvalue weighted by Gasteiger charge is -2.32. The maximum atomic E-state index is 12.9. The fraction of sp³-hybridized carbons (Fsp3) is 0.350. The zero-order valence-electron chi connectivity index (χ0n) is 14.5. The molecule has 1 amide bonds. The van der Waals surface area contributed by atoms with E-state index in [1.54, 1.807) is 6.20 Å². The molecule has 2 fully saturated rings. The Kier molecular flexibility index (Phi) is 3.53. The first-order valence-corrected chi connectivity index (χ1v) is 9.17. The average molecular weight is 347 g/mol.